The number of hydrogen-bond donors (Lipinski definition) is 2. The first kappa shape index (κ1) is 45.8. The molecule has 278 valence electrons. The standard InChI is InChI=1S/C42H76N2O4/c1-3-5-7-9-11-13-15-17-19-21-23-25-27-29-31-35-39(45)43-41(47)37-33-34-38-42(48)44-40(46)36-32-30-28-26-24-22-20-18-16-14-12-10-8-6-4-2/h17-20H,3-16,21-38H2,1-2H3,(H,43,45,47)(H,44,46,48)/b19-17-,20-18-. The molecule has 4 amide bonds. The summed E-state index contributed by atoms with van der Waals surface area (Å²) in [5.41, 5.74) is 0. The van der Waals surface area contributed by atoms with Crippen LogP contribution in [0.1, 0.15) is 219 Å². The van der Waals surface area contributed by atoms with E-state index in [0.29, 0.717) is 25.7 Å². The molecule has 0 bridgehead atoms. The van der Waals surface area contributed by atoms with E-state index in [9.17, 15) is 19.2 Å². The second kappa shape index (κ2) is 37.6. The van der Waals surface area contributed by atoms with Gasteiger partial charge in [0.2, 0.25) is 23.6 Å². The molecule has 0 saturated carbocycles. The third-order valence-electron chi connectivity index (χ3n) is 8.95. The van der Waals surface area contributed by atoms with E-state index in [-0.39, 0.29) is 36.5 Å². The van der Waals surface area contributed by atoms with Crippen LogP contribution in [0.25, 0.3) is 0 Å². The number of carbonyl (C=O) groups excluding carboxylic acids is 4. The van der Waals surface area contributed by atoms with E-state index >= 15 is 0 Å². The lowest BCUT2D eigenvalue weighted by molar-refractivity contribution is -0.132. The fourth-order valence-corrected chi connectivity index (χ4v) is 5.84. The zero-order chi connectivity index (χ0) is 35.2. The van der Waals surface area contributed by atoms with Crippen molar-refractivity contribution >= 4 is 23.6 Å². The molecule has 2 N–H and O–H groups in total. The van der Waals surface area contributed by atoms with Gasteiger partial charge in [0.15, 0.2) is 0 Å². The van der Waals surface area contributed by atoms with Crippen molar-refractivity contribution in [1.29, 1.82) is 0 Å². The number of amides is 4. The van der Waals surface area contributed by atoms with Gasteiger partial charge in [0.25, 0.3) is 0 Å². The molecule has 0 aliphatic rings. The fourth-order valence-electron chi connectivity index (χ4n) is 5.84. The van der Waals surface area contributed by atoms with Gasteiger partial charge in [-0.05, 0) is 77.0 Å². The normalized spacial score (nSPS) is 11.5. The zero-order valence-electron chi connectivity index (χ0n) is 31.6. The molecule has 0 heterocycles. The molecule has 0 fully saturated rings. The van der Waals surface area contributed by atoms with E-state index in [2.05, 4.69) is 48.8 Å². The third-order valence-corrected chi connectivity index (χ3v) is 8.95. The highest BCUT2D eigenvalue weighted by atomic mass is 16.2. The summed E-state index contributed by atoms with van der Waals surface area (Å²) < 4.78 is 0. The lowest BCUT2D eigenvalue weighted by atomic mass is 10.1. The summed E-state index contributed by atoms with van der Waals surface area (Å²) >= 11 is 0. The molecule has 6 heteroatoms. The molecule has 48 heavy (non-hydrogen) atoms. The molecule has 0 rings (SSSR count). The first-order valence-corrected chi connectivity index (χ1v) is 20.4. The maximum absolute atomic E-state index is 12.1. The second-order valence-electron chi connectivity index (χ2n) is 13.8. The lowest BCUT2D eigenvalue weighted by Crippen LogP contribution is -2.31. The van der Waals surface area contributed by atoms with Gasteiger partial charge in [0.05, 0.1) is 0 Å². The van der Waals surface area contributed by atoms with Gasteiger partial charge in [-0.1, -0.05) is 141 Å². The largest absolute Gasteiger partial charge is 0.296 e. The van der Waals surface area contributed by atoms with Crippen LogP contribution in [0.15, 0.2) is 24.3 Å². The third kappa shape index (κ3) is 36.6. The summed E-state index contributed by atoms with van der Waals surface area (Å²) in [6, 6.07) is 0. The number of unbranched alkanes of at least 4 members (excludes halogenated alkanes) is 23. The van der Waals surface area contributed by atoms with E-state index in [4.69, 9.17) is 0 Å². The number of allylic oxidation sites excluding steroid dienone is 4. The Morgan fingerprint density at radius 2 is 0.521 bits per heavy atom. The number of nitrogens with one attached hydrogen (secondary N) is 2. The molecule has 0 atom stereocenters. The highest BCUT2D eigenvalue weighted by molar-refractivity contribution is 5.95. The van der Waals surface area contributed by atoms with Crippen molar-refractivity contribution in [1.82, 2.24) is 10.6 Å². The SMILES string of the molecule is CCCCCCCC/C=C\CCCCCCCC(=O)NC(=O)CCCCC(=O)NC(=O)CCCCCCC/C=C\CCCCCCCC. The van der Waals surface area contributed by atoms with Gasteiger partial charge in [-0.15, -0.1) is 0 Å². The number of hydrogen-bond acceptors (Lipinski definition) is 4. The molecule has 0 radical (unpaired) electrons. The Bertz CT molecular complexity index is 767. The molecule has 0 aliphatic heterocycles. The Hall–Kier alpha value is -2.24. The van der Waals surface area contributed by atoms with Crippen molar-refractivity contribution in [2.24, 2.45) is 0 Å². The Labute approximate surface area is 296 Å². The maximum Gasteiger partial charge on any atom is 0.226 e. The van der Waals surface area contributed by atoms with Gasteiger partial charge in [-0.25, -0.2) is 0 Å². The van der Waals surface area contributed by atoms with Gasteiger partial charge in [0, 0.05) is 25.7 Å². The van der Waals surface area contributed by atoms with E-state index in [1.165, 1.54) is 116 Å². The number of imide groups is 2. The van der Waals surface area contributed by atoms with E-state index in [0.717, 1.165) is 51.4 Å². The minimum Gasteiger partial charge on any atom is -0.296 e. The highest BCUT2D eigenvalue weighted by Gasteiger charge is 2.10. The average Bonchev–Trinajstić information content (AvgIpc) is 3.06. The van der Waals surface area contributed by atoms with Gasteiger partial charge in [0.1, 0.15) is 0 Å². The molecular formula is C42H76N2O4. The monoisotopic (exact) mass is 673 g/mol. The second-order valence-corrected chi connectivity index (χ2v) is 13.8. The van der Waals surface area contributed by atoms with Crippen molar-refractivity contribution < 1.29 is 19.2 Å². The van der Waals surface area contributed by atoms with E-state index in [1.54, 1.807) is 0 Å². The Morgan fingerprint density at radius 1 is 0.312 bits per heavy atom. The summed E-state index contributed by atoms with van der Waals surface area (Å²) in [5, 5.41) is 4.93. The van der Waals surface area contributed by atoms with Crippen LogP contribution in [0.3, 0.4) is 0 Å². The molecular weight excluding hydrogens is 596 g/mol. The zero-order valence-corrected chi connectivity index (χ0v) is 31.6. The van der Waals surface area contributed by atoms with Gasteiger partial charge in [-0.2, -0.15) is 0 Å². The number of carbonyl (C=O) groups is 4. The van der Waals surface area contributed by atoms with Crippen molar-refractivity contribution in [3.05, 3.63) is 24.3 Å². The van der Waals surface area contributed by atoms with Gasteiger partial charge >= 0.3 is 0 Å². The lowest BCUT2D eigenvalue weighted by Gasteiger charge is -2.06. The summed E-state index contributed by atoms with van der Waals surface area (Å²) in [6.45, 7) is 4.51. The molecule has 0 aromatic heterocycles. The van der Waals surface area contributed by atoms with Crippen LogP contribution in [-0.2, 0) is 19.2 Å². The van der Waals surface area contributed by atoms with Crippen LogP contribution in [0.4, 0.5) is 0 Å². The summed E-state index contributed by atoms with van der Waals surface area (Å²) in [6.07, 6.45) is 43.0. The van der Waals surface area contributed by atoms with Crippen molar-refractivity contribution in [2.45, 2.75) is 219 Å². The quantitative estimate of drug-likeness (QED) is 0.0517. The predicted octanol–water partition coefficient (Wildman–Crippen LogP) is 11.9. The predicted molar refractivity (Wildman–Crippen MR) is 204 cm³/mol. The summed E-state index contributed by atoms with van der Waals surface area (Å²) in [7, 11) is 0. The molecule has 0 saturated heterocycles. The van der Waals surface area contributed by atoms with Crippen LogP contribution in [0.2, 0.25) is 0 Å². The minimum absolute atomic E-state index is 0.211. The minimum atomic E-state index is -0.284. The van der Waals surface area contributed by atoms with Crippen molar-refractivity contribution in [3.8, 4) is 0 Å². The van der Waals surface area contributed by atoms with Gasteiger partial charge < -0.3 is 0 Å². The highest BCUT2D eigenvalue weighted by Crippen LogP contribution is 2.12. The van der Waals surface area contributed by atoms with Crippen molar-refractivity contribution in [3.63, 3.8) is 0 Å². The van der Waals surface area contributed by atoms with Crippen LogP contribution in [0.5, 0.6) is 0 Å². The van der Waals surface area contributed by atoms with E-state index in [1.807, 2.05) is 0 Å². The first-order valence-electron chi connectivity index (χ1n) is 20.4. The topological polar surface area (TPSA) is 92.3 Å². The van der Waals surface area contributed by atoms with Crippen LogP contribution in [0, 0.1) is 0 Å². The molecule has 0 aliphatic carbocycles. The van der Waals surface area contributed by atoms with Crippen molar-refractivity contribution in [2.75, 3.05) is 0 Å². The summed E-state index contributed by atoms with van der Waals surface area (Å²) in [4.78, 5) is 48.2. The molecule has 0 unspecified atom stereocenters. The average molecular weight is 673 g/mol. The van der Waals surface area contributed by atoms with Crippen LogP contribution >= 0.6 is 0 Å². The Kier molecular flexibility index (Phi) is 35.8. The maximum atomic E-state index is 12.1. The van der Waals surface area contributed by atoms with Crippen LogP contribution < -0.4 is 10.6 Å². The first-order chi connectivity index (χ1) is 23.5. The molecule has 0 aromatic rings. The Balaban J connectivity index is 3.54. The summed E-state index contributed by atoms with van der Waals surface area (Å²) in [5.74, 6) is -0.991. The molecule has 6 nitrogen and oxygen atoms in total. The van der Waals surface area contributed by atoms with Gasteiger partial charge in [-0.3, -0.25) is 29.8 Å². The number of rotatable bonds is 35. The molecule has 0 spiro atoms. The van der Waals surface area contributed by atoms with Crippen LogP contribution in [-0.4, -0.2) is 23.6 Å². The Morgan fingerprint density at radius 3 is 0.792 bits per heavy atom. The van der Waals surface area contributed by atoms with E-state index < -0.39 is 0 Å². The fraction of sp³-hybridized carbons (Fsp3) is 0.810. The smallest absolute Gasteiger partial charge is 0.226 e. The molecule has 0 aromatic carbocycles.